The van der Waals surface area contributed by atoms with Crippen molar-refractivity contribution >= 4 is 0 Å². The lowest BCUT2D eigenvalue weighted by atomic mass is 9.75. The number of rotatable bonds is 5. The van der Waals surface area contributed by atoms with Gasteiger partial charge in [-0.3, -0.25) is 0 Å². The minimum absolute atomic E-state index is 0.0563. The van der Waals surface area contributed by atoms with Crippen LogP contribution in [0, 0.1) is 11.8 Å². The lowest BCUT2D eigenvalue weighted by Gasteiger charge is -2.39. The molecule has 2 aromatic carbocycles. The average Bonchev–Trinajstić information content (AvgIpc) is 2.87. The Bertz CT molecular complexity index is 836. The van der Waals surface area contributed by atoms with Crippen LogP contribution in [0.2, 0.25) is 0 Å². The van der Waals surface area contributed by atoms with Crippen molar-refractivity contribution in [1.82, 2.24) is 0 Å². The van der Waals surface area contributed by atoms with E-state index in [2.05, 4.69) is 20.8 Å². The van der Waals surface area contributed by atoms with Crippen molar-refractivity contribution in [1.29, 1.82) is 0 Å². The van der Waals surface area contributed by atoms with E-state index in [0.717, 1.165) is 22.3 Å². The van der Waals surface area contributed by atoms with Gasteiger partial charge in [0.2, 0.25) is 5.79 Å². The Morgan fingerprint density at radius 1 is 0.889 bits per heavy atom. The first kappa shape index (κ1) is 19.8. The van der Waals surface area contributed by atoms with Gasteiger partial charge in [0.25, 0.3) is 0 Å². The Hall–Kier alpha value is -1.94. The maximum atomic E-state index is 12.0. The molecule has 0 fully saturated rings. The van der Waals surface area contributed by atoms with Crippen LogP contribution >= 0.6 is 0 Å². The van der Waals surface area contributed by atoms with Crippen LogP contribution in [-0.4, -0.2) is 19.3 Å². The lowest BCUT2D eigenvalue weighted by Crippen LogP contribution is -2.40. The Morgan fingerprint density at radius 3 is 1.96 bits per heavy atom. The van der Waals surface area contributed by atoms with E-state index in [4.69, 9.17) is 9.47 Å². The van der Waals surface area contributed by atoms with Gasteiger partial charge in [0, 0.05) is 25.3 Å². The zero-order chi connectivity index (χ0) is 19.8. The van der Waals surface area contributed by atoms with Crippen molar-refractivity contribution in [2.75, 3.05) is 14.2 Å². The van der Waals surface area contributed by atoms with E-state index in [1.807, 2.05) is 61.5 Å². The maximum Gasteiger partial charge on any atom is 0.222 e. The molecule has 27 heavy (non-hydrogen) atoms. The summed E-state index contributed by atoms with van der Waals surface area (Å²) in [5, 5.41) is 12.0. The third-order valence-electron chi connectivity index (χ3n) is 6.68. The second kappa shape index (κ2) is 7.23. The van der Waals surface area contributed by atoms with Crippen LogP contribution in [0.5, 0.6) is 0 Å². The monoisotopic (exact) mass is 366 g/mol. The fourth-order valence-corrected chi connectivity index (χ4v) is 4.62. The molecule has 1 N–H and O–H groups in total. The summed E-state index contributed by atoms with van der Waals surface area (Å²) in [6, 6.07) is 17.8. The maximum absolute atomic E-state index is 12.0. The molecule has 0 amide bonds. The highest BCUT2D eigenvalue weighted by Gasteiger charge is 2.50. The molecule has 3 nitrogen and oxygen atoms in total. The highest BCUT2D eigenvalue weighted by Crippen LogP contribution is 2.52. The molecule has 0 radical (unpaired) electrons. The Morgan fingerprint density at radius 2 is 1.44 bits per heavy atom. The molecule has 3 unspecified atom stereocenters. The van der Waals surface area contributed by atoms with E-state index in [1.165, 1.54) is 5.57 Å². The van der Waals surface area contributed by atoms with Gasteiger partial charge in [0.15, 0.2) is 0 Å². The van der Waals surface area contributed by atoms with Crippen LogP contribution in [0.3, 0.4) is 0 Å². The van der Waals surface area contributed by atoms with Crippen molar-refractivity contribution in [3.63, 3.8) is 0 Å². The molecule has 1 aliphatic carbocycles. The first-order chi connectivity index (χ1) is 12.8. The molecular formula is C24H30O3. The van der Waals surface area contributed by atoms with Gasteiger partial charge in [0.1, 0.15) is 5.60 Å². The normalized spacial score (nSPS) is 25.9. The summed E-state index contributed by atoms with van der Waals surface area (Å²) in [6.07, 6.45) is 0. The SMILES string of the molecule is COC(OC)(c1ccccc1)c1ccccc1C1(O)C(C)=C(C)C(C)C1C. The Labute approximate surface area is 162 Å². The van der Waals surface area contributed by atoms with E-state index in [9.17, 15) is 5.11 Å². The quantitative estimate of drug-likeness (QED) is 0.598. The standard InChI is InChI=1S/C24H30O3/c1-16-17(2)19(4)23(25,18(16)3)21-14-10-11-15-22(21)24(26-5,27-6)20-12-8-7-9-13-20/h7-16,18,25H,1-6H3. The molecule has 2 aromatic rings. The zero-order valence-corrected chi connectivity index (χ0v) is 17.1. The molecule has 0 heterocycles. The molecule has 144 valence electrons. The van der Waals surface area contributed by atoms with E-state index < -0.39 is 11.4 Å². The molecule has 0 saturated heterocycles. The van der Waals surface area contributed by atoms with Crippen LogP contribution in [0.25, 0.3) is 0 Å². The van der Waals surface area contributed by atoms with E-state index in [0.29, 0.717) is 5.92 Å². The molecule has 3 rings (SSSR count). The first-order valence-electron chi connectivity index (χ1n) is 9.50. The minimum atomic E-state index is -1.09. The van der Waals surface area contributed by atoms with Crippen LogP contribution in [0.4, 0.5) is 0 Å². The van der Waals surface area contributed by atoms with Crippen LogP contribution < -0.4 is 0 Å². The summed E-state index contributed by atoms with van der Waals surface area (Å²) in [5.74, 6) is -0.729. The van der Waals surface area contributed by atoms with Crippen molar-refractivity contribution < 1.29 is 14.6 Å². The van der Waals surface area contributed by atoms with Crippen molar-refractivity contribution in [2.24, 2.45) is 11.8 Å². The largest absolute Gasteiger partial charge is 0.380 e. The highest BCUT2D eigenvalue weighted by molar-refractivity contribution is 5.49. The summed E-state index contributed by atoms with van der Waals surface area (Å²) >= 11 is 0. The third-order valence-corrected chi connectivity index (χ3v) is 6.68. The topological polar surface area (TPSA) is 38.7 Å². The molecule has 0 spiro atoms. The highest BCUT2D eigenvalue weighted by atomic mass is 16.7. The second-order valence-corrected chi connectivity index (χ2v) is 7.59. The zero-order valence-electron chi connectivity index (χ0n) is 17.1. The van der Waals surface area contributed by atoms with Gasteiger partial charge in [-0.05, 0) is 36.8 Å². The van der Waals surface area contributed by atoms with E-state index >= 15 is 0 Å². The average molecular weight is 367 g/mol. The fraction of sp³-hybridized carbons (Fsp3) is 0.417. The number of ether oxygens (including phenoxy) is 2. The van der Waals surface area contributed by atoms with Crippen molar-refractivity contribution in [3.8, 4) is 0 Å². The van der Waals surface area contributed by atoms with Gasteiger partial charge in [-0.25, -0.2) is 0 Å². The molecular weight excluding hydrogens is 336 g/mol. The van der Waals surface area contributed by atoms with Crippen LogP contribution in [0.15, 0.2) is 65.7 Å². The molecule has 0 bridgehead atoms. The van der Waals surface area contributed by atoms with Gasteiger partial charge < -0.3 is 14.6 Å². The minimum Gasteiger partial charge on any atom is -0.380 e. The Balaban J connectivity index is 2.29. The third kappa shape index (κ3) is 2.77. The predicted octanol–water partition coefficient (Wildman–Crippen LogP) is 4.99. The summed E-state index contributed by atoms with van der Waals surface area (Å²) in [4.78, 5) is 0. The number of aliphatic hydroxyl groups is 1. The number of hydrogen-bond acceptors (Lipinski definition) is 3. The Kier molecular flexibility index (Phi) is 5.31. The molecule has 3 atom stereocenters. The smallest absolute Gasteiger partial charge is 0.222 e. The number of benzene rings is 2. The van der Waals surface area contributed by atoms with Gasteiger partial charge in [-0.15, -0.1) is 0 Å². The predicted molar refractivity (Wildman–Crippen MR) is 108 cm³/mol. The van der Waals surface area contributed by atoms with Crippen LogP contribution in [0.1, 0.15) is 44.4 Å². The summed E-state index contributed by atoms with van der Waals surface area (Å²) in [5.41, 5.74) is 3.77. The van der Waals surface area contributed by atoms with E-state index in [-0.39, 0.29) is 5.92 Å². The molecule has 0 aromatic heterocycles. The molecule has 0 saturated carbocycles. The molecule has 0 aliphatic heterocycles. The van der Waals surface area contributed by atoms with E-state index in [1.54, 1.807) is 14.2 Å². The second-order valence-electron chi connectivity index (χ2n) is 7.59. The number of allylic oxidation sites excluding steroid dienone is 1. The fourth-order valence-electron chi connectivity index (χ4n) is 4.62. The van der Waals surface area contributed by atoms with Gasteiger partial charge in [-0.2, -0.15) is 0 Å². The number of methoxy groups -OCH3 is 2. The number of hydrogen-bond donors (Lipinski definition) is 1. The summed E-state index contributed by atoms with van der Waals surface area (Å²) < 4.78 is 12.0. The van der Waals surface area contributed by atoms with Crippen molar-refractivity contribution in [2.45, 2.75) is 39.1 Å². The molecule has 3 heteroatoms. The summed E-state index contributed by atoms with van der Waals surface area (Å²) in [6.45, 7) is 8.45. The lowest BCUT2D eigenvalue weighted by molar-refractivity contribution is -0.185. The van der Waals surface area contributed by atoms with Gasteiger partial charge >= 0.3 is 0 Å². The summed E-state index contributed by atoms with van der Waals surface area (Å²) in [7, 11) is 3.29. The van der Waals surface area contributed by atoms with Crippen LogP contribution in [-0.2, 0) is 20.9 Å². The molecule has 1 aliphatic rings. The van der Waals surface area contributed by atoms with Crippen molar-refractivity contribution in [3.05, 3.63) is 82.4 Å². The van der Waals surface area contributed by atoms with Gasteiger partial charge in [-0.1, -0.05) is 74.0 Å². The first-order valence-corrected chi connectivity index (χ1v) is 9.50. The van der Waals surface area contributed by atoms with Gasteiger partial charge in [0.05, 0.1) is 0 Å².